The molecule has 17 heavy (non-hydrogen) atoms. The zero-order valence-electron chi connectivity index (χ0n) is 9.50. The zero-order valence-corrected chi connectivity index (χ0v) is 11.0. The highest BCUT2D eigenvalue weighted by Gasteiger charge is 1.99. The zero-order chi connectivity index (χ0) is 12.3. The summed E-state index contributed by atoms with van der Waals surface area (Å²) in [5.41, 5.74) is 3.39. The van der Waals surface area contributed by atoms with E-state index < -0.39 is 0 Å². The van der Waals surface area contributed by atoms with Crippen LogP contribution < -0.4 is 5.32 Å². The Hall–Kier alpha value is -1.18. The highest BCUT2D eigenvalue weighted by Crippen LogP contribution is 2.20. The molecule has 0 aromatic heterocycles. The number of benzene rings is 2. The molecule has 0 saturated carbocycles. The fraction of sp³-hybridized carbons (Fsp3) is 0.143. The maximum Gasteiger partial charge on any atom is 0.0410 e. The Labute approximate surface area is 111 Å². The third-order valence-corrected chi connectivity index (χ3v) is 3.03. The summed E-state index contributed by atoms with van der Waals surface area (Å²) in [4.78, 5) is 0. The van der Waals surface area contributed by atoms with Crippen molar-refractivity contribution in [3.05, 3.63) is 63.6 Å². The van der Waals surface area contributed by atoms with Gasteiger partial charge in [0.05, 0.1) is 0 Å². The van der Waals surface area contributed by atoms with Crippen molar-refractivity contribution in [3.63, 3.8) is 0 Å². The fourth-order valence-electron chi connectivity index (χ4n) is 1.67. The van der Waals surface area contributed by atoms with Crippen LogP contribution in [0.4, 0.5) is 5.69 Å². The van der Waals surface area contributed by atoms with Gasteiger partial charge in [-0.15, -0.1) is 0 Å². The number of hydrogen-bond acceptors (Lipinski definition) is 1. The van der Waals surface area contributed by atoms with Gasteiger partial charge in [0.2, 0.25) is 0 Å². The first-order valence-electron chi connectivity index (χ1n) is 5.39. The lowest BCUT2D eigenvalue weighted by molar-refractivity contribution is 1.14. The maximum absolute atomic E-state index is 5.93. The van der Waals surface area contributed by atoms with Gasteiger partial charge in [-0.05, 0) is 48.4 Å². The Balaban J connectivity index is 2.07. The van der Waals surface area contributed by atoms with Crippen LogP contribution in [0.3, 0.4) is 0 Å². The molecule has 2 rings (SSSR count). The maximum atomic E-state index is 5.93. The molecule has 0 spiro atoms. The average Bonchev–Trinajstić information content (AvgIpc) is 2.28. The minimum atomic E-state index is 0.753. The van der Waals surface area contributed by atoms with Crippen LogP contribution in [0, 0.1) is 6.92 Å². The van der Waals surface area contributed by atoms with Crippen LogP contribution in [0.25, 0.3) is 0 Å². The van der Waals surface area contributed by atoms with Crippen LogP contribution in [0.15, 0.2) is 42.5 Å². The number of nitrogens with one attached hydrogen (secondary N) is 1. The first-order chi connectivity index (χ1) is 8.15. The molecule has 0 amide bonds. The number of rotatable bonds is 3. The molecule has 1 nitrogen and oxygen atoms in total. The monoisotopic (exact) mass is 265 g/mol. The van der Waals surface area contributed by atoms with Crippen molar-refractivity contribution in [3.8, 4) is 0 Å². The molecule has 2 aromatic rings. The standard InChI is InChI=1S/C14H13Cl2N/c1-10-7-13(16)5-6-14(10)17-9-11-3-2-4-12(15)8-11/h2-8,17H,9H2,1H3. The molecule has 0 saturated heterocycles. The number of hydrogen-bond donors (Lipinski definition) is 1. The van der Waals surface area contributed by atoms with E-state index in [9.17, 15) is 0 Å². The molecule has 0 bridgehead atoms. The molecule has 0 heterocycles. The van der Waals surface area contributed by atoms with Crippen molar-refractivity contribution in [2.45, 2.75) is 13.5 Å². The molecule has 0 radical (unpaired) electrons. The van der Waals surface area contributed by atoms with Crippen LogP contribution in [0.1, 0.15) is 11.1 Å². The minimum Gasteiger partial charge on any atom is -0.381 e. The second kappa shape index (κ2) is 5.44. The summed E-state index contributed by atoms with van der Waals surface area (Å²) in [5.74, 6) is 0. The van der Waals surface area contributed by atoms with E-state index in [2.05, 4.69) is 5.32 Å². The minimum absolute atomic E-state index is 0.753. The first-order valence-corrected chi connectivity index (χ1v) is 6.15. The highest BCUT2D eigenvalue weighted by molar-refractivity contribution is 6.31. The lowest BCUT2D eigenvalue weighted by Crippen LogP contribution is -2.00. The molecule has 0 unspecified atom stereocenters. The van der Waals surface area contributed by atoms with Crippen LogP contribution >= 0.6 is 23.2 Å². The van der Waals surface area contributed by atoms with Crippen molar-refractivity contribution >= 4 is 28.9 Å². The Morgan fingerprint density at radius 3 is 2.47 bits per heavy atom. The van der Waals surface area contributed by atoms with E-state index in [-0.39, 0.29) is 0 Å². The van der Waals surface area contributed by atoms with Gasteiger partial charge in [0, 0.05) is 22.3 Å². The first kappa shape index (κ1) is 12.3. The SMILES string of the molecule is Cc1cc(Cl)ccc1NCc1cccc(Cl)c1. The van der Waals surface area contributed by atoms with Gasteiger partial charge in [0.1, 0.15) is 0 Å². The Bertz CT molecular complexity index is 523. The number of anilines is 1. The largest absolute Gasteiger partial charge is 0.381 e. The number of aryl methyl sites for hydroxylation is 1. The second-order valence-electron chi connectivity index (χ2n) is 3.94. The number of halogens is 2. The highest BCUT2D eigenvalue weighted by atomic mass is 35.5. The van der Waals surface area contributed by atoms with Gasteiger partial charge in [0.25, 0.3) is 0 Å². The third-order valence-electron chi connectivity index (χ3n) is 2.56. The molecular weight excluding hydrogens is 253 g/mol. The van der Waals surface area contributed by atoms with Gasteiger partial charge in [-0.3, -0.25) is 0 Å². The Morgan fingerprint density at radius 2 is 1.76 bits per heavy atom. The Kier molecular flexibility index (Phi) is 3.93. The lowest BCUT2D eigenvalue weighted by Gasteiger charge is -2.10. The smallest absolute Gasteiger partial charge is 0.0410 e. The van der Waals surface area contributed by atoms with E-state index in [4.69, 9.17) is 23.2 Å². The van der Waals surface area contributed by atoms with Gasteiger partial charge in [-0.25, -0.2) is 0 Å². The van der Waals surface area contributed by atoms with Crippen LogP contribution in [-0.2, 0) is 6.54 Å². The van der Waals surface area contributed by atoms with Gasteiger partial charge < -0.3 is 5.32 Å². The lowest BCUT2D eigenvalue weighted by atomic mass is 10.2. The summed E-state index contributed by atoms with van der Waals surface area (Å²) in [5, 5.41) is 4.89. The van der Waals surface area contributed by atoms with Crippen molar-refractivity contribution in [1.82, 2.24) is 0 Å². The van der Waals surface area contributed by atoms with E-state index >= 15 is 0 Å². The summed E-state index contributed by atoms with van der Waals surface area (Å²) in [6.45, 7) is 2.79. The quantitative estimate of drug-likeness (QED) is 0.831. The summed E-state index contributed by atoms with van der Waals surface area (Å²) >= 11 is 11.8. The van der Waals surface area contributed by atoms with Crippen molar-refractivity contribution in [2.24, 2.45) is 0 Å². The molecule has 0 aliphatic rings. The molecule has 0 aliphatic carbocycles. The van der Waals surface area contributed by atoms with Crippen LogP contribution in [-0.4, -0.2) is 0 Å². The topological polar surface area (TPSA) is 12.0 Å². The van der Waals surface area contributed by atoms with Gasteiger partial charge in [0.15, 0.2) is 0 Å². The van der Waals surface area contributed by atoms with Crippen molar-refractivity contribution in [1.29, 1.82) is 0 Å². The summed E-state index contributed by atoms with van der Waals surface area (Å²) in [7, 11) is 0. The summed E-state index contributed by atoms with van der Waals surface area (Å²) < 4.78 is 0. The van der Waals surface area contributed by atoms with Crippen LogP contribution in [0.5, 0.6) is 0 Å². The predicted octanol–water partition coefficient (Wildman–Crippen LogP) is 4.91. The van der Waals surface area contributed by atoms with Crippen molar-refractivity contribution < 1.29 is 0 Å². The van der Waals surface area contributed by atoms with Crippen LogP contribution in [0.2, 0.25) is 10.0 Å². The van der Waals surface area contributed by atoms with E-state index in [1.165, 1.54) is 0 Å². The van der Waals surface area contributed by atoms with E-state index in [1.807, 2.05) is 49.4 Å². The average molecular weight is 266 g/mol. The van der Waals surface area contributed by atoms with Gasteiger partial charge >= 0.3 is 0 Å². The molecular formula is C14H13Cl2N. The molecule has 3 heteroatoms. The Morgan fingerprint density at radius 1 is 1.00 bits per heavy atom. The third kappa shape index (κ3) is 3.39. The predicted molar refractivity (Wildman–Crippen MR) is 75.0 cm³/mol. The molecule has 1 N–H and O–H groups in total. The summed E-state index contributed by atoms with van der Waals surface area (Å²) in [6, 6.07) is 13.6. The normalized spacial score (nSPS) is 10.3. The van der Waals surface area contributed by atoms with Gasteiger partial charge in [-0.2, -0.15) is 0 Å². The summed E-state index contributed by atoms with van der Waals surface area (Å²) in [6.07, 6.45) is 0. The second-order valence-corrected chi connectivity index (χ2v) is 4.82. The molecule has 0 atom stereocenters. The van der Waals surface area contributed by atoms with E-state index in [1.54, 1.807) is 0 Å². The fourth-order valence-corrected chi connectivity index (χ4v) is 2.11. The molecule has 88 valence electrons. The van der Waals surface area contributed by atoms with E-state index in [0.717, 1.165) is 33.4 Å². The molecule has 0 fully saturated rings. The van der Waals surface area contributed by atoms with Crippen molar-refractivity contribution in [2.75, 3.05) is 5.32 Å². The molecule has 2 aromatic carbocycles. The molecule has 0 aliphatic heterocycles. The van der Waals surface area contributed by atoms with E-state index in [0.29, 0.717) is 0 Å². The van der Waals surface area contributed by atoms with Gasteiger partial charge in [-0.1, -0.05) is 35.3 Å².